The SMILES string of the molecule is C[Si](C)(C)c1ccc2cc(-c3ccc(-c4c5c(c(-c6ccc(-c7ccc8cc([Si](C)(C)C)ccc8c7)cc6)c6ccccc46)-c4cccc6cccc-5c46)cc3)ccc2c1. The van der Waals surface area contributed by atoms with E-state index in [2.05, 4.69) is 221 Å². The Morgan fingerprint density at radius 3 is 1.05 bits per heavy atom. The molecule has 11 rings (SSSR count). The van der Waals surface area contributed by atoms with Gasteiger partial charge in [-0.2, -0.15) is 0 Å². The third-order valence-electron chi connectivity index (χ3n) is 13.1. The Kier molecular flexibility index (Phi) is 8.33. The number of rotatable bonds is 6. The summed E-state index contributed by atoms with van der Waals surface area (Å²) >= 11 is 0. The van der Waals surface area contributed by atoms with Crippen LogP contribution in [0.4, 0.5) is 0 Å². The van der Waals surface area contributed by atoms with Crippen molar-refractivity contribution in [3.05, 3.63) is 182 Å². The van der Waals surface area contributed by atoms with Crippen molar-refractivity contribution in [3.63, 3.8) is 0 Å². The van der Waals surface area contributed by atoms with Crippen molar-refractivity contribution < 1.29 is 0 Å². The molecule has 1 aliphatic rings. The molecule has 0 aliphatic heterocycles. The van der Waals surface area contributed by atoms with Crippen LogP contribution in [-0.2, 0) is 0 Å². The summed E-state index contributed by atoms with van der Waals surface area (Å²) in [6, 6.07) is 69.5. The molecule has 0 unspecified atom stereocenters. The minimum atomic E-state index is -1.38. The fraction of sp³-hybridized carbons (Fsp3) is 0.103. The van der Waals surface area contributed by atoms with Crippen LogP contribution in [0.25, 0.3) is 110 Å². The van der Waals surface area contributed by atoms with E-state index in [4.69, 9.17) is 0 Å². The summed E-state index contributed by atoms with van der Waals surface area (Å²) in [5, 5.41) is 13.4. The Labute approximate surface area is 355 Å². The van der Waals surface area contributed by atoms with Gasteiger partial charge in [0.1, 0.15) is 0 Å². The van der Waals surface area contributed by atoms with Crippen molar-refractivity contribution in [1.29, 1.82) is 0 Å². The zero-order valence-electron chi connectivity index (χ0n) is 35.3. The van der Waals surface area contributed by atoms with E-state index in [1.165, 1.54) is 120 Å². The molecular formula is C58H48Si2. The minimum Gasteiger partial charge on any atom is -0.0656 e. The van der Waals surface area contributed by atoms with Gasteiger partial charge in [0.25, 0.3) is 0 Å². The van der Waals surface area contributed by atoms with E-state index in [1.54, 1.807) is 0 Å². The lowest BCUT2D eigenvalue weighted by atomic mass is 9.82. The topological polar surface area (TPSA) is 0 Å². The first-order chi connectivity index (χ1) is 29.0. The highest BCUT2D eigenvalue weighted by molar-refractivity contribution is 6.89. The molecule has 10 aromatic carbocycles. The summed E-state index contributed by atoms with van der Waals surface area (Å²) in [4.78, 5) is 0. The molecule has 60 heavy (non-hydrogen) atoms. The van der Waals surface area contributed by atoms with Crippen molar-refractivity contribution in [3.8, 4) is 66.8 Å². The summed E-state index contributed by atoms with van der Waals surface area (Å²) in [6.45, 7) is 14.5. The van der Waals surface area contributed by atoms with Crippen molar-refractivity contribution in [2.45, 2.75) is 39.3 Å². The predicted molar refractivity (Wildman–Crippen MR) is 269 cm³/mol. The molecule has 0 bridgehead atoms. The molecule has 0 radical (unpaired) electrons. The Bertz CT molecular complexity index is 3140. The number of fused-ring (bicyclic) bond motifs is 6. The highest BCUT2D eigenvalue weighted by atomic mass is 28.3. The van der Waals surface area contributed by atoms with Crippen molar-refractivity contribution >= 4 is 69.6 Å². The first-order valence-electron chi connectivity index (χ1n) is 21.4. The molecule has 1 aliphatic carbocycles. The molecule has 0 fully saturated rings. The van der Waals surface area contributed by atoms with Gasteiger partial charge in [0.15, 0.2) is 0 Å². The van der Waals surface area contributed by atoms with Gasteiger partial charge in [-0.15, -0.1) is 0 Å². The normalized spacial score (nSPS) is 12.5. The molecule has 0 saturated heterocycles. The molecule has 0 saturated carbocycles. The molecule has 0 nitrogen and oxygen atoms in total. The van der Waals surface area contributed by atoms with Crippen LogP contribution in [-0.4, -0.2) is 16.1 Å². The Morgan fingerprint density at radius 1 is 0.267 bits per heavy atom. The van der Waals surface area contributed by atoms with Gasteiger partial charge in [0.05, 0.1) is 16.1 Å². The maximum Gasteiger partial charge on any atom is 0.0776 e. The van der Waals surface area contributed by atoms with Crippen molar-refractivity contribution in [1.82, 2.24) is 0 Å². The predicted octanol–water partition coefficient (Wildman–Crippen LogP) is 15.7. The second-order valence-electron chi connectivity index (χ2n) is 19.0. The second kappa shape index (κ2) is 13.6. The average molecular weight is 801 g/mol. The lowest BCUT2D eigenvalue weighted by molar-refractivity contribution is 1.60. The second-order valence-corrected chi connectivity index (χ2v) is 29.1. The molecule has 0 heterocycles. The molecule has 0 spiro atoms. The first-order valence-corrected chi connectivity index (χ1v) is 28.4. The van der Waals surface area contributed by atoms with Crippen LogP contribution in [0.3, 0.4) is 0 Å². The fourth-order valence-electron chi connectivity index (χ4n) is 9.78. The molecule has 0 aromatic heterocycles. The van der Waals surface area contributed by atoms with Gasteiger partial charge in [-0.1, -0.05) is 220 Å². The van der Waals surface area contributed by atoms with Gasteiger partial charge in [0.2, 0.25) is 0 Å². The van der Waals surface area contributed by atoms with E-state index in [0.29, 0.717) is 0 Å². The molecule has 0 N–H and O–H groups in total. The van der Waals surface area contributed by atoms with E-state index in [9.17, 15) is 0 Å². The molecule has 0 atom stereocenters. The highest BCUT2D eigenvalue weighted by Gasteiger charge is 2.30. The summed E-state index contributed by atoms with van der Waals surface area (Å²) in [5.41, 5.74) is 15.4. The maximum atomic E-state index is 2.42. The van der Waals surface area contributed by atoms with Crippen molar-refractivity contribution in [2.75, 3.05) is 0 Å². The molecule has 0 amide bonds. The summed E-state index contributed by atoms with van der Waals surface area (Å²) < 4.78 is 0. The Balaban J connectivity index is 1.05. The molecule has 2 heteroatoms. The van der Waals surface area contributed by atoms with E-state index in [0.717, 1.165) is 0 Å². The fourth-order valence-corrected chi connectivity index (χ4v) is 12.1. The highest BCUT2D eigenvalue weighted by Crippen LogP contribution is 2.57. The monoisotopic (exact) mass is 800 g/mol. The van der Waals surface area contributed by atoms with Crippen LogP contribution in [0.1, 0.15) is 0 Å². The van der Waals surface area contributed by atoms with Gasteiger partial charge in [-0.3, -0.25) is 0 Å². The molecule has 288 valence electrons. The smallest absolute Gasteiger partial charge is 0.0656 e. The lowest BCUT2D eigenvalue weighted by Gasteiger charge is -2.21. The summed E-state index contributed by atoms with van der Waals surface area (Å²) in [7, 11) is -2.76. The van der Waals surface area contributed by atoms with Gasteiger partial charge in [0, 0.05) is 0 Å². The minimum absolute atomic E-state index is 1.24. The van der Waals surface area contributed by atoms with Crippen LogP contribution in [0.15, 0.2) is 182 Å². The standard InChI is InChI=1S/C58H48Si2/c1-59(2,3)48-31-29-44-33-42(25-27-46(44)35-48)37-17-21-40(22-18-37)55-50-13-7-8-14-51(50)56(58-53-16-10-12-39-11-9-15-52(54(39)53)57(55)58)41-23-19-38(20-24-41)43-26-28-47-36-49(60(4,5)6)32-30-45(47)34-43/h7-36H,1-6H3. The Hall–Kier alpha value is -6.33. The zero-order chi connectivity index (χ0) is 40.9. The van der Waals surface area contributed by atoms with E-state index < -0.39 is 16.1 Å². The third-order valence-corrected chi connectivity index (χ3v) is 17.2. The van der Waals surface area contributed by atoms with Gasteiger partial charge in [-0.25, -0.2) is 0 Å². The number of hydrogen-bond donors (Lipinski definition) is 0. The Morgan fingerprint density at radius 2 is 0.633 bits per heavy atom. The maximum absolute atomic E-state index is 2.42. The largest absolute Gasteiger partial charge is 0.0776 e. The van der Waals surface area contributed by atoms with Crippen LogP contribution in [0, 0.1) is 0 Å². The van der Waals surface area contributed by atoms with Gasteiger partial charge < -0.3 is 0 Å². The van der Waals surface area contributed by atoms with Gasteiger partial charge >= 0.3 is 0 Å². The third kappa shape index (κ3) is 6.00. The van der Waals surface area contributed by atoms with E-state index >= 15 is 0 Å². The molecular weight excluding hydrogens is 753 g/mol. The van der Waals surface area contributed by atoms with Gasteiger partial charge in [-0.05, 0) is 122 Å². The zero-order valence-corrected chi connectivity index (χ0v) is 37.3. The lowest BCUT2D eigenvalue weighted by Crippen LogP contribution is -2.37. The number of benzene rings is 10. The van der Waals surface area contributed by atoms with Crippen LogP contribution in [0.2, 0.25) is 39.3 Å². The quantitative estimate of drug-likeness (QED) is 0.147. The molecule has 10 aromatic rings. The van der Waals surface area contributed by atoms with Crippen LogP contribution >= 0.6 is 0 Å². The first kappa shape index (κ1) is 36.7. The van der Waals surface area contributed by atoms with E-state index in [-0.39, 0.29) is 0 Å². The summed E-state index contributed by atoms with van der Waals surface area (Å²) in [6.07, 6.45) is 0. The number of hydrogen-bond acceptors (Lipinski definition) is 0. The summed E-state index contributed by atoms with van der Waals surface area (Å²) in [5.74, 6) is 0. The van der Waals surface area contributed by atoms with E-state index in [1.807, 2.05) is 0 Å². The average Bonchev–Trinajstić information content (AvgIpc) is 3.59. The van der Waals surface area contributed by atoms with Crippen LogP contribution < -0.4 is 10.4 Å². The van der Waals surface area contributed by atoms with Crippen molar-refractivity contribution in [2.24, 2.45) is 0 Å². The van der Waals surface area contributed by atoms with Crippen LogP contribution in [0.5, 0.6) is 0 Å².